The van der Waals surface area contributed by atoms with Crippen LogP contribution in [0.4, 0.5) is 4.39 Å². The smallest absolute Gasteiger partial charge is 0.250 e. The van der Waals surface area contributed by atoms with Gasteiger partial charge in [-0.1, -0.05) is 18.2 Å². The Bertz CT molecular complexity index is 442. The largest absolute Gasteiger partial charge is 0.368 e. The molecule has 0 fully saturated rings. The number of nitrogens with one attached hydrogen (secondary N) is 1. The fraction of sp³-hybridized carbons (Fsp3) is 0. The molecule has 16 heavy (non-hydrogen) atoms. The van der Waals surface area contributed by atoms with Crippen LogP contribution in [0.2, 0.25) is 0 Å². The number of hydrazone groups is 1. The van der Waals surface area contributed by atoms with Crippen molar-refractivity contribution >= 4 is 17.9 Å². The Kier molecular flexibility index (Phi) is 4.02. The lowest BCUT2D eigenvalue weighted by molar-refractivity contribution is -0.115. The molecule has 0 spiro atoms. The number of hydrogen-bond donors (Lipinski definition) is 3. The molecule has 1 rings (SSSR count). The van der Waals surface area contributed by atoms with E-state index in [1.807, 2.05) is 0 Å². The Balaban J connectivity index is 2.68. The summed E-state index contributed by atoms with van der Waals surface area (Å²) in [5.74, 6) is 3.67. The summed E-state index contributed by atoms with van der Waals surface area (Å²) < 4.78 is 13.1. The zero-order valence-corrected chi connectivity index (χ0v) is 8.35. The number of rotatable bonds is 2. The molecule has 5 nitrogen and oxygen atoms in total. The molecule has 5 N–H and O–H groups in total. The molecule has 0 aliphatic carbocycles. The number of amides is 1. The molecule has 0 saturated carbocycles. The Morgan fingerprint density at radius 1 is 1.44 bits per heavy atom. The first kappa shape index (κ1) is 11.7. The fourth-order valence-corrected chi connectivity index (χ4v) is 0.976. The molecule has 0 aromatic heterocycles. The highest BCUT2D eigenvalue weighted by molar-refractivity contribution is 6.03. The summed E-state index contributed by atoms with van der Waals surface area (Å²) in [5.41, 5.74) is 5.46. The van der Waals surface area contributed by atoms with E-state index in [-0.39, 0.29) is 5.96 Å². The number of nitrogens with zero attached hydrogens (tertiary/aromatic N) is 1. The van der Waals surface area contributed by atoms with Crippen molar-refractivity contribution < 1.29 is 9.18 Å². The van der Waals surface area contributed by atoms with Gasteiger partial charge in [-0.2, -0.15) is 0 Å². The van der Waals surface area contributed by atoms with E-state index >= 15 is 0 Å². The zero-order chi connectivity index (χ0) is 12.0. The summed E-state index contributed by atoms with van der Waals surface area (Å²) in [5, 5.41) is 5.23. The van der Waals surface area contributed by atoms with Gasteiger partial charge in [0.2, 0.25) is 5.96 Å². The van der Waals surface area contributed by atoms with Gasteiger partial charge in [-0.3, -0.25) is 10.1 Å². The quantitative estimate of drug-likeness (QED) is 0.218. The van der Waals surface area contributed by atoms with Crippen molar-refractivity contribution in [2.75, 3.05) is 0 Å². The third-order valence-electron chi connectivity index (χ3n) is 1.71. The van der Waals surface area contributed by atoms with Gasteiger partial charge in [-0.25, -0.2) is 4.39 Å². The minimum absolute atomic E-state index is 0.205. The van der Waals surface area contributed by atoms with E-state index in [2.05, 4.69) is 10.4 Å². The molecule has 84 valence electrons. The van der Waals surface area contributed by atoms with Crippen molar-refractivity contribution in [2.45, 2.75) is 0 Å². The number of nitrogens with two attached hydrogens (primary N) is 2. The molecule has 0 saturated heterocycles. The predicted octanol–water partition coefficient (Wildman–Crippen LogP) is 0.144. The number of halogens is 1. The number of guanidine groups is 1. The molecule has 1 aromatic carbocycles. The first-order valence-corrected chi connectivity index (χ1v) is 4.40. The van der Waals surface area contributed by atoms with E-state index in [1.165, 1.54) is 12.1 Å². The lowest BCUT2D eigenvalue weighted by atomic mass is 10.2. The van der Waals surface area contributed by atoms with E-state index in [1.54, 1.807) is 18.2 Å². The van der Waals surface area contributed by atoms with Crippen LogP contribution in [0.1, 0.15) is 5.56 Å². The third-order valence-corrected chi connectivity index (χ3v) is 1.71. The van der Waals surface area contributed by atoms with Crippen LogP contribution < -0.4 is 16.9 Å². The van der Waals surface area contributed by atoms with Crippen molar-refractivity contribution in [1.29, 1.82) is 0 Å². The van der Waals surface area contributed by atoms with Crippen LogP contribution in [-0.2, 0) is 4.79 Å². The Morgan fingerprint density at radius 2 is 2.12 bits per heavy atom. The first-order chi connectivity index (χ1) is 7.63. The lowest BCUT2D eigenvalue weighted by Gasteiger charge is -1.98. The first-order valence-electron chi connectivity index (χ1n) is 4.40. The van der Waals surface area contributed by atoms with Gasteiger partial charge in [0.15, 0.2) is 0 Å². The maximum absolute atomic E-state index is 13.1. The second-order valence-corrected chi connectivity index (χ2v) is 2.86. The molecule has 1 aromatic rings. The highest BCUT2D eigenvalue weighted by Crippen LogP contribution is 2.07. The standard InChI is InChI=1S/C10H11FN4O/c11-8-4-2-1-3-7(8)5-6-9(16)14-10(12)15-13/h1-6H,13H2,(H3,12,14,15,16)/b6-5+. The second-order valence-electron chi connectivity index (χ2n) is 2.86. The second kappa shape index (κ2) is 5.50. The average Bonchev–Trinajstić information content (AvgIpc) is 2.28. The summed E-state index contributed by atoms with van der Waals surface area (Å²) in [7, 11) is 0. The van der Waals surface area contributed by atoms with Crippen LogP contribution in [0, 0.1) is 5.82 Å². The topological polar surface area (TPSA) is 93.5 Å². The van der Waals surface area contributed by atoms with Gasteiger partial charge in [0.1, 0.15) is 5.82 Å². The predicted molar refractivity (Wildman–Crippen MR) is 59.4 cm³/mol. The highest BCUT2D eigenvalue weighted by atomic mass is 19.1. The van der Waals surface area contributed by atoms with Crippen LogP contribution in [-0.4, -0.2) is 11.9 Å². The normalized spacial score (nSPS) is 11.7. The minimum atomic E-state index is -0.532. The molecule has 0 aliphatic heterocycles. The average molecular weight is 222 g/mol. The molecule has 1 amide bonds. The fourth-order valence-electron chi connectivity index (χ4n) is 0.976. The van der Waals surface area contributed by atoms with Gasteiger partial charge in [0.05, 0.1) is 0 Å². The number of carbonyl (C=O) groups is 1. The number of hydrogen-bond acceptors (Lipinski definition) is 3. The molecule has 0 heterocycles. The van der Waals surface area contributed by atoms with E-state index in [4.69, 9.17) is 11.6 Å². The Hall–Kier alpha value is -2.37. The highest BCUT2D eigenvalue weighted by Gasteiger charge is 1.99. The molecule has 6 heteroatoms. The molecular weight excluding hydrogens is 211 g/mol. The van der Waals surface area contributed by atoms with E-state index in [0.717, 1.165) is 6.08 Å². The van der Waals surface area contributed by atoms with Crippen LogP contribution in [0.15, 0.2) is 35.4 Å². The van der Waals surface area contributed by atoms with Crippen LogP contribution >= 0.6 is 0 Å². The van der Waals surface area contributed by atoms with E-state index in [9.17, 15) is 9.18 Å². The number of benzene rings is 1. The van der Waals surface area contributed by atoms with E-state index < -0.39 is 11.7 Å². The molecule has 0 aliphatic rings. The molecule has 0 radical (unpaired) electrons. The SMILES string of the molecule is NN=C(N)NC(=O)/C=C/c1ccccc1F. The summed E-state index contributed by atoms with van der Waals surface area (Å²) in [6.07, 6.45) is 2.46. The molecule has 0 unspecified atom stereocenters. The van der Waals surface area contributed by atoms with Crippen molar-refractivity contribution in [3.05, 3.63) is 41.7 Å². The molecule has 0 atom stereocenters. The van der Waals surface area contributed by atoms with Crippen molar-refractivity contribution in [1.82, 2.24) is 5.32 Å². The minimum Gasteiger partial charge on any atom is -0.368 e. The van der Waals surface area contributed by atoms with Crippen molar-refractivity contribution in [2.24, 2.45) is 16.7 Å². The lowest BCUT2D eigenvalue weighted by Crippen LogP contribution is -2.36. The molecular formula is C10H11FN4O. The van der Waals surface area contributed by atoms with Crippen molar-refractivity contribution in [3.63, 3.8) is 0 Å². The van der Waals surface area contributed by atoms with Gasteiger partial charge in [-0.15, -0.1) is 5.10 Å². The van der Waals surface area contributed by atoms with Crippen LogP contribution in [0.25, 0.3) is 6.08 Å². The van der Waals surface area contributed by atoms with Gasteiger partial charge in [0, 0.05) is 11.6 Å². The van der Waals surface area contributed by atoms with Gasteiger partial charge in [0.25, 0.3) is 5.91 Å². The van der Waals surface area contributed by atoms with Gasteiger partial charge >= 0.3 is 0 Å². The Morgan fingerprint density at radius 3 is 2.75 bits per heavy atom. The Labute approximate surface area is 91.6 Å². The maximum atomic E-state index is 13.1. The monoisotopic (exact) mass is 222 g/mol. The maximum Gasteiger partial charge on any atom is 0.250 e. The summed E-state index contributed by atoms with van der Waals surface area (Å²) in [4.78, 5) is 11.2. The van der Waals surface area contributed by atoms with Gasteiger partial charge < -0.3 is 11.6 Å². The summed E-state index contributed by atoms with van der Waals surface area (Å²) in [6, 6.07) is 6.06. The summed E-state index contributed by atoms with van der Waals surface area (Å²) >= 11 is 0. The van der Waals surface area contributed by atoms with Crippen molar-refractivity contribution in [3.8, 4) is 0 Å². The van der Waals surface area contributed by atoms with Crippen LogP contribution in [0.5, 0.6) is 0 Å². The van der Waals surface area contributed by atoms with Gasteiger partial charge in [-0.05, 0) is 12.1 Å². The van der Waals surface area contributed by atoms with E-state index in [0.29, 0.717) is 5.56 Å². The number of carbonyl (C=O) groups excluding carboxylic acids is 1. The molecule has 0 bridgehead atoms. The van der Waals surface area contributed by atoms with Crippen LogP contribution in [0.3, 0.4) is 0 Å². The third kappa shape index (κ3) is 3.41. The summed E-state index contributed by atoms with van der Waals surface area (Å²) in [6.45, 7) is 0. The zero-order valence-electron chi connectivity index (χ0n) is 8.35.